The average molecular weight is 322 g/mol. The van der Waals surface area contributed by atoms with E-state index in [1.54, 1.807) is 11.3 Å². The van der Waals surface area contributed by atoms with Crippen LogP contribution in [-0.2, 0) is 0 Å². The molecule has 3 heteroatoms. The van der Waals surface area contributed by atoms with Crippen molar-refractivity contribution in [2.75, 3.05) is 0 Å². The van der Waals surface area contributed by atoms with Gasteiger partial charge in [-0.3, -0.25) is 4.98 Å². The second-order valence-electron chi connectivity index (χ2n) is 5.87. The van der Waals surface area contributed by atoms with E-state index in [-0.39, 0.29) is 0 Å². The molecule has 1 nitrogen and oxygen atoms in total. The van der Waals surface area contributed by atoms with Crippen LogP contribution in [0.5, 0.6) is 0 Å². The molecule has 0 unspecified atom stereocenters. The van der Waals surface area contributed by atoms with Gasteiger partial charge in [-0.2, -0.15) is 11.3 Å². The van der Waals surface area contributed by atoms with E-state index in [1.165, 1.54) is 22.0 Å². The quantitative estimate of drug-likeness (QED) is 0.633. The lowest BCUT2D eigenvalue weighted by Gasteiger charge is -2.20. The van der Waals surface area contributed by atoms with E-state index >= 15 is 0 Å². The molecule has 0 fully saturated rings. The molecule has 0 N–H and O–H groups in total. The van der Waals surface area contributed by atoms with E-state index in [0.29, 0.717) is 0 Å². The maximum absolute atomic E-state index is 4.60. The smallest absolute Gasteiger partial charge is 0.128 e. The maximum atomic E-state index is 4.60. The summed E-state index contributed by atoms with van der Waals surface area (Å²) in [6, 6.07) is 19.1. The Kier molecular flexibility index (Phi) is 4.36. The number of hydrogen-bond donors (Lipinski definition) is 0. The van der Waals surface area contributed by atoms with Crippen molar-refractivity contribution in [3.63, 3.8) is 0 Å². The first-order valence-corrected chi connectivity index (χ1v) is 11.4. The minimum atomic E-state index is -1.75. The molecule has 3 aromatic rings. The Labute approximate surface area is 137 Å². The third-order valence-corrected chi connectivity index (χ3v) is 7.06. The van der Waals surface area contributed by atoms with Crippen LogP contribution in [0.1, 0.15) is 11.1 Å². The molecular formula is C19H19NSSi. The van der Waals surface area contributed by atoms with Gasteiger partial charge in [0.05, 0.1) is 0 Å². The zero-order valence-electron chi connectivity index (χ0n) is 12.9. The van der Waals surface area contributed by atoms with Crippen LogP contribution in [0.25, 0.3) is 5.57 Å². The van der Waals surface area contributed by atoms with Crippen molar-refractivity contribution in [3.8, 4) is 0 Å². The fraction of sp³-hybridized carbons (Fsp3) is 0.105. The van der Waals surface area contributed by atoms with Gasteiger partial charge in [-0.15, -0.1) is 0 Å². The van der Waals surface area contributed by atoms with Gasteiger partial charge in [0.15, 0.2) is 0 Å². The highest BCUT2D eigenvalue weighted by Gasteiger charge is 2.24. The number of hydrogen-bond acceptors (Lipinski definition) is 2. The molecule has 0 spiro atoms. The van der Waals surface area contributed by atoms with E-state index in [1.807, 2.05) is 12.3 Å². The molecule has 0 atom stereocenters. The summed E-state index contributed by atoms with van der Waals surface area (Å²) < 4.78 is 0. The maximum Gasteiger partial charge on any atom is 0.128 e. The molecular weight excluding hydrogens is 302 g/mol. The third kappa shape index (κ3) is 3.26. The van der Waals surface area contributed by atoms with Crippen LogP contribution >= 0.6 is 11.3 Å². The van der Waals surface area contributed by atoms with Crippen LogP contribution in [0.15, 0.2) is 77.3 Å². The lowest BCUT2D eigenvalue weighted by Crippen LogP contribution is -2.41. The van der Waals surface area contributed by atoms with Gasteiger partial charge in [-0.25, -0.2) is 0 Å². The van der Waals surface area contributed by atoms with Crippen LogP contribution in [0.3, 0.4) is 0 Å². The Morgan fingerprint density at radius 2 is 1.73 bits per heavy atom. The highest BCUT2D eigenvalue weighted by atomic mass is 32.1. The Morgan fingerprint density at radius 1 is 0.955 bits per heavy atom. The molecule has 0 aliphatic rings. The summed E-state index contributed by atoms with van der Waals surface area (Å²) in [6.45, 7) is 4.70. The summed E-state index contributed by atoms with van der Waals surface area (Å²) in [6.07, 6.45) is 1.89. The van der Waals surface area contributed by atoms with Crippen molar-refractivity contribution >= 4 is 30.3 Å². The number of thiophene rings is 1. The normalized spacial score (nSPS) is 12.4. The van der Waals surface area contributed by atoms with E-state index in [0.717, 1.165) is 0 Å². The summed E-state index contributed by atoms with van der Waals surface area (Å²) in [4.78, 5) is 4.60. The first-order chi connectivity index (χ1) is 10.7. The summed E-state index contributed by atoms with van der Waals surface area (Å²) in [5, 5.41) is 5.59. The predicted octanol–water partition coefficient (Wildman–Crippen LogP) is 4.73. The van der Waals surface area contributed by atoms with E-state index in [4.69, 9.17) is 0 Å². The second-order valence-corrected chi connectivity index (χ2v) is 10.9. The van der Waals surface area contributed by atoms with Gasteiger partial charge in [-0.05, 0) is 45.7 Å². The van der Waals surface area contributed by atoms with Gasteiger partial charge in [0, 0.05) is 11.5 Å². The lowest BCUT2D eigenvalue weighted by atomic mass is 10.0. The predicted molar refractivity (Wildman–Crippen MR) is 99.2 cm³/mol. The molecule has 0 radical (unpaired) electrons. The van der Waals surface area contributed by atoms with Crippen molar-refractivity contribution in [2.45, 2.75) is 13.1 Å². The van der Waals surface area contributed by atoms with Crippen molar-refractivity contribution in [2.24, 2.45) is 0 Å². The number of rotatable bonds is 4. The zero-order chi connectivity index (χ0) is 15.4. The molecule has 1 aromatic carbocycles. The molecule has 0 aliphatic carbocycles. The minimum Gasteiger partial charge on any atom is -0.266 e. The van der Waals surface area contributed by atoms with Crippen molar-refractivity contribution < 1.29 is 0 Å². The van der Waals surface area contributed by atoms with E-state index < -0.39 is 8.07 Å². The molecule has 2 aromatic heterocycles. The summed E-state index contributed by atoms with van der Waals surface area (Å²) in [7, 11) is -1.75. The van der Waals surface area contributed by atoms with Gasteiger partial charge >= 0.3 is 0 Å². The highest BCUT2D eigenvalue weighted by Crippen LogP contribution is 2.27. The molecule has 3 rings (SSSR count). The van der Waals surface area contributed by atoms with Gasteiger partial charge in [0.2, 0.25) is 0 Å². The van der Waals surface area contributed by atoms with Crippen LogP contribution in [-0.4, -0.2) is 13.1 Å². The summed E-state index contributed by atoms with van der Waals surface area (Å²) in [5.74, 6) is 0. The van der Waals surface area contributed by atoms with Crippen molar-refractivity contribution in [1.29, 1.82) is 0 Å². The Bertz CT molecular complexity index is 747. The summed E-state index contributed by atoms with van der Waals surface area (Å²) in [5.41, 5.74) is 6.36. The topological polar surface area (TPSA) is 12.9 Å². The Morgan fingerprint density at radius 3 is 2.36 bits per heavy atom. The minimum absolute atomic E-state index is 1.22. The van der Waals surface area contributed by atoms with Gasteiger partial charge in [0.25, 0.3) is 0 Å². The highest BCUT2D eigenvalue weighted by molar-refractivity contribution is 7.08. The van der Waals surface area contributed by atoms with Gasteiger partial charge < -0.3 is 0 Å². The molecule has 0 bridgehead atoms. The lowest BCUT2D eigenvalue weighted by molar-refractivity contribution is 1.37. The fourth-order valence-electron chi connectivity index (χ4n) is 2.55. The van der Waals surface area contributed by atoms with Gasteiger partial charge in [0.1, 0.15) is 8.07 Å². The fourth-order valence-corrected chi connectivity index (χ4v) is 5.34. The Balaban J connectivity index is 2.10. The van der Waals surface area contributed by atoms with Crippen molar-refractivity contribution in [1.82, 2.24) is 4.98 Å². The first-order valence-electron chi connectivity index (χ1n) is 7.39. The Hall–Kier alpha value is -1.97. The number of pyridine rings is 1. The molecule has 110 valence electrons. The third-order valence-electron chi connectivity index (χ3n) is 3.75. The number of nitrogens with zero attached hydrogens (tertiary/aromatic N) is 1. The largest absolute Gasteiger partial charge is 0.266 e. The molecule has 0 saturated heterocycles. The van der Waals surface area contributed by atoms with Crippen LogP contribution < -0.4 is 5.32 Å². The number of benzene rings is 1. The zero-order valence-corrected chi connectivity index (χ0v) is 14.7. The second kappa shape index (κ2) is 6.42. The molecule has 0 saturated carbocycles. The van der Waals surface area contributed by atoms with Gasteiger partial charge in [-0.1, -0.05) is 55.2 Å². The monoisotopic (exact) mass is 321 g/mol. The van der Waals surface area contributed by atoms with E-state index in [2.05, 4.69) is 83.1 Å². The van der Waals surface area contributed by atoms with Crippen molar-refractivity contribution in [3.05, 3.63) is 88.4 Å². The molecule has 0 amide bonds. The molecule has 22 heavy (non-hydrogen) atoms. The summed E-state index contributed by atoms with van der Waals surface area (Å²) >= 11 is 1.74. The first kappa shape index (κ1) is 14.9. The van der Waals surface area contributed by atoms with E-state index in [9.17, 15) is 0 Å². The van der Waals surface area contributed by atoms with Crippen LogP contribution in [0, 0.1) is 0 Å². The van der Waals surface area contributed by atoms with Crippen LogP contribution in [0.2, 0.25) is 13.1 Å². The average Bonchev–Trinajstić information content (AvgIpc) is 3.09. The molecule has 2 heterocycles. The SMILES string of the molecule is C[Si](C)(/C=C(/c1ccccc1)c1ccsc1)c1ccccn1. The molecule has 0 aliphatic heterocycles. The van der Waals surface area contributed by atoms with Crippen LogP contribution in [0.4, 0.5) is 0 Å². The number of aromatic nitrogens is 1. The standard InChI is InChI=1S/C19H19NSSi/c1-22(2,19-10-6-7-12-20-19)15-18(17-11-13-21-14-17)16-8-4-3-5-9-16/h3-15H,1-2H3/b18-15-.